The maximum Gasteiger partial charge on any atom is 0.346 e. The summed E-state index contributed by atoms with van der Waals surface area (Å²) < 4.78 is 0. The SMILES string of the molecule is C/C=C(\Cl)C(=O)O. The van der Waals surface area contributed by atoms with Gasteiger partial charge in [-0.25, -0.2) is 4.79 Å². The molecule has 1 N–H and O–H groups in total. The summed E-state index contributed by atoms with van der Waals surface area (Å²) in [6.07, 6.45) is 1.32. The zero-order valence-corrected chi connectivity index (χ0v) is 4.57. The molecule has 2 nitrogen and oxygen atoms in total. The Balaban J connectivity index is 3.82. The van der Waals surface area contributed by atoms with Crippen LogP contribution in [-0.4, -0.2) is 11.1 Å². The smallest absolute Gasteiger partial charge is 0.346 e. The van der Waals surface area contributed by atoms with Gasteiger partial charge in [-0.3, -0.25) is 0 Å². The lowest BCUT2D eigenvalue weighted by Gasteiger charge is -1.81. The van der Waals surface area contributed by atoms with Crippen LogP contribution >= 0.6 is 11.6 Å². The fraction of sp³-hybridized carbons (Fsp3) is 0.250. The summed E-state index contributed by atoms with van der Waals surface area (Å²) in [7, 11) is 0. The van der Waals surface area contributed by atoms with Gasteiger partial charge in [0.1, 0.15) is 5.03 Å². The highest BCUT2D eigenvalue weighted by molar-refractivity contribution is 6.40. The van der Waals surface area contributed by atoms with Crippen molar-refractivity contribution in [1.82, 2.24) is 0 Å². The molecule has 0 amide bonds. The summed E-state index contributed by atoms with van der Waals surface area (Å²) in [4.78, 5) is 9.73. The molecule has 0 aliphatic rings. The molecular weight excluding hydrogens is 115 g/mol. The quantitative estimate of drug-likeness (QED) is 0.528. The molecule has 0 heterocycles. The molecule has 0 rings (SSSR count). The van der Waals surface area contributed by atoms with E-state index in [0.29, 0.717) is 0 Å². The van der Waals surface area contributed by atoms with E-state index in [0.717, 1.165) is 0 Å². The lowest BCUT2D eigenvalue weighted by atomic mass is 10.5. The van der Waals surface area contributed by atoms with E-state index in [1.807, 2.05) is 0 Å². The molecule has 0 aliphatic heterocycles. The molecule has 7 heavy (non-hydrogen) atoms. The lowest BCUT2D eigenvalue weighted by Crippen LogP contribution is -1.91. The van der Waals surface area contributed by atoms with E-state index < -0.39 is 5.97 Å². The standard InChI is InChI=1S/C4H5ClO2/c1-2-3(5)4(6)7/h2H,1H3,(H,6,7)/b3-2-. The number of rotatable bonds is 1. The van der Waals surface area contributed by atoms with E-state index in [4.69, 9.17) is 16.7 Å². The highest BCUT2D eigenvalue weighted by Crippen LogP contribution is 1.97. The van der Waals surface area contributed by atoms with Gasteiger partial charge in [0.2, 0.25) is 0 Å². The Bertz CT molecular complexity index is 106. The Hall–Kier alpha value is -0.500. The van der Waals surface area contributed by atoms with E-state index in [9.17, 15) is 4.79 Å². The van der Waals surface area contributed by atoms with Crippen LogP contribution in [0.2, 0.25) is 0 Å². The Labute approximate surface area is 46.4 Å². The third-order valence-electron chi connectivity index (χ3n) is 0.458. The van der Waals surface area contributed by atoms with Crippen LogP contribution in [0.3, 0.4) is 0 Å². The summed E-state index contributed by atoms with van der Waals surface area (Å²) in [5.74, 6) is -1.08. The minimum atomic E-state index is -1.08. The van der Waals surface area contributed by atoms with Crippen molar-refractivity contribution in [3.8, 4) is 0 Å². The molecule has 0 unspecified atom stereocenters. The fourth-order valence-corrected chi connectivity index (χ4v) is 0.123. The van der Waals surface area contributed by atoms with Gasteiger partial charge in [0, 0.05) is 0 Å². The maximum atomic E-state index is 9.73. The molecule has 0 fully saturated rings. The Morgan fingerprint density at radius 1 is 1.86 bits per heavy atom. The van der Waals surface area contributed by atoms with Gasteiger partial charge in [0.25, 0.3) is 0 Å². The summed E-state index contributed by atoms with van der Waals surface area (Å²) in [6, 6.07) is 0. The van der Waals surface area contributed by atoms with E-state index in [2.05, 4.69) is 0 Å². The molecule has 0 aromatic heterocycles. The van der Waals surface area contributed by atoms with Gasteiger partial charge in [-0.2, -0.15) is 0 Å². The Morgan fingerprint density at radius 3 is 2.29 bits per heavy atom. The van der Waals surface area contributed by atoms with E-state index in [1.54, 1.807) is 6.92 Å². The maximum absolute atomic E-state index is 9.73. The van der Waals surface area contributed by atoms with E-state index in [-0.39, 0.29) is 5.03 Å². The topological polar surface area (TPSA) is 37.3 Å². The summed E-state index contributed by atoms with van der Waals surface area (Å²) in [5, 5.41) is 7.84. The lowest BCUT2D eigenvalue weighted by molar-refractivity contribution is -0.131. The number of hydrogen-bond acceptors (Lipinski definition) is 1. The number of allylic oxidation sites excluding steroid dienone is 1. The van der Waals surface area contributed by atoms with Gasteiger partial charge in [0.05, 0.1) is 0 Å². The minimum Gasteiger partial charge on any atom is -0.477 e. The first-order valence-corrected chi connectivity index (χ1v) is 2.11. The molecular formula is C4H5ClO2. The number of carboxylic acids is 1. The van der Waals surface area contributed by atoms with Crippen molar-refractivity contribution in [3.05, 3.63) is 11.1 Å². The highest BCUT2D eigenvalue weighted by atomic mass is 35.5. The van der Waals surface area contributed by atoms with Crippen LogP contribution in [0.1, 0.15) is 6.92 Å². The third-order valence-corrected chi connectivity index (χ3v) is 0.838. The van der Waals surface area contributed by atoms with Crippen LogP contribution in [0.4, 0.5) is 0 Å². The number of aliphatic carboxylic acids is 1. The molecule has 0 saturated carbocycles. The van der Waals surface area contributed by atoms with Gasteiger partial charge in [0.15, 0.2) is 0 Å². The molecule has 40 valence electrons. The van der Waals surface area contributed by atoms with Gasteiger partial charge in [-0.1, -0.05) is 17.7 Å². The number of carbonyl (C=O) groups is 1. The van der Waals surface area contributed by atoms with Crippen molar-refractivity contribution in [2.45, 2.75) is 6.92 Å². The number of halogens is 1. The van der Waals surface area contributed by atoms with Crippen molar-refractivity contribution >= 4 is 17.6 Å². The van der Waals surface area contributed by atoms with Crippen molar-refractivity contribution in [1.29, 1.82) is 0 Å². The molecule has 0 aromatic rings. The first-order valence-electron chi connectivity index (χ1n) is 1.73. The van der Waals surface area contributed by atoms with Crippen molar-refractivity contribution in [2.24, 2.45) is 0 Å². The van der Waals surface area contributed by atoms with Gasteiger partial charge < -0.3 is 5.11 Å². The van der Waals surface area contributed by atoms with Crippen molar-refractivity contribution < 1.29 is 9.90 Å². The van der Waals surface area contributed by atoms with E-state index >= 15 is 0 Å². The number of hydrogen-bond donors (Lipinski definition) is 1. The second-order valence-corrected chi connectivity index (χ2v) is 1.35. The first kappa shape index (κ1) is 6.50. The molecule has 0 atom stereocenters. The Kier molecular flexibility index (Phi) is 2.45. The third kappa shape index (κ3) is 2.23. The minimum absolute atomic E-state index is 0.139. The first-order chi connectivity index (χ1) is 3.18. The second-order valence-electron chi connectivity index (χ2n) is 0.942. The average Bonchev–Trinajstić information content (AvgIpc) is 1.65. The van der Waals surface area contributed by atoms with Crippen LogP contribution in [0.25, 0.3) is 0 Å². The molecule has 3 heteroatoms. The monoisotopic (exact) mass is 120 g/mol. The van der Waals surface area contributed by atoms with E-state index in [1.165, 1.54) is 6.08 Å². The molecule has 0 aliphatic carbocycles. The predicted molar refractivity (Wildman–Crippen MR) is 27.2 cm³/mol. The number of carboxylic acid groups (broad SMARTS) is 1. The summed E-state index contributed by atoms with van der Waals surface area (Å²) >= 11 is 5.06. The molecule has 0 bridgehead atoms. The zero-order valence-electron chi connectivity index (χ0n) is 3.81. The van der Waals surface area contributed by atoms with Crippen LogP contribution in [0.5, 0.6) is 0 Å². The van der Waals surface area contributed by atoms with Gasteiger partial charge in [-0.15, -0.1) is 0 Å². The van der Waals surface area contributed by atoms with Crippen molar-refractivity contribution in [3.63, 3.8) is 0 Å². The van der Waals surface area contributed by atoms with Gasteiger partial charge >= 0.3 is 5.97 Å². The fourth-order valence-electron chi connectivity index (χ4n) is 0.123. The molecule has 0 radical (unpaired) electrons. The predicted octanol–water partition coefficient (Wildman–Crippen LogP) is 1.21. The van der Waals surface area contributed by atoms with Gasteiger partial charge in [-0.05, 0) is 6.92 Å². The highest BCUT2D eigenvalue weighted by Gasteiger charge is 1.96. The van der Waals surface area contributed by atoms with Crippen LogP contribution in [0.15, 0.2) is 11.1 Å². The largest absolute Gasteiger partial charge is 0.477 e. The van der Waals surface area contributed by atoms with Crippen LogP contribution in [0, 0.1) is 0 Å². The van der Waals surface area contributed by atoms with Crippen molar-refractivity contribution in [2.75, 3.05) is 0 Å². The van der Waals surface area contributed by atoms with Crippen LogP contribution < -0.4 is 0 Å². The molecule has 0 saturated heterocycles. The summed E-state index contributed by atoms with van der Waals surface area (Å²) in [6.45, 7) is 1.57. The Morgan fingerprint density at radius 2 is 2.29 bits per heavy atom. The van der Waals surface area contributed by atoms with Crippen LogP contribution in [-0.2, 0) is 4.79 Å². The normalized spacial score (nSPS) is 11.4. The summed E-state index contributed by atoms with van der Waals surface area (Å²) in [5.41, 5.74) is 0. The molecule has 0 aromatic carbocycles. The molecule has 0 spiro atoms. The average molecular weight is 121 g/mol. The zero-order chi connectivity index (χ0) is 5.86. The second kappa shape index (κ2) is 2.64.